The minimum Gasteiger partial charge on any atom is -0.616 e. The van der Waals surface area contributed by atoms with Crippen LogP contribution in [-0.4, -0.2) is 54.6 Å². The smallest absolute Gasteiger partial charge is 0.337 e. The summed E-state index contributed by atoms with van der Waals surface area (Å²) in [5, 5.41) is 0. The van der Waals surface area contributed by atoms with Crippen LogP contribution in [0.4, 0.5) is 0 Å². The molecule has 0 radical (unpaired) electrons. The van der Waals surface area contributed by atoms with Crippen molar-refractivity contribution in [1.82, 2.24) is 0 Å². The van der Waals surface area contributed by atoms with Crippen molar-refractivity contribution in [3.05, 3.63) is 58.7 Å². The molecule has 0 aliphatic carbocycles. The lowest BCUT2D eigenvalue weighted by Gasteiger charge is -2.36. The number of ether oxygens (including phenoxy) is 3. The quantitative estimate of drug-likeness (QED) is 0.540. The molecule has 1 saturated heterocycles. The summed E-state index contributed by atoms with van der Waals surface area (Å²) in [6, 6.07) is 11.3. The van der Waals surface area contributed by atoms with E-state index in [1.165, 1.54) is 7.11 Å². The van der Waals surface area contributed by atoms with Crippen molar-refractivity contribution in [2.24, 2.45) is 4.99 Å². The van der Waals surface area contributed by atoms with Gasteiger partial charge in [0.15, 0.2) is 11.5 Å². The molecule has 0 amide bonds. The Balaban J connectivity index is 1.83. The van der Waals surface area contributed by atoms with E-state index in [1.807, 2.05) is 31.2 Å². The van der Waals surface area contributed by atoms with Gasteiger partial charge in [0.2, 0.25) is 0 Å². The lowest BCUT2D eigenvalue weighted by atomic mass is 9.81. The van der Waals surface area contributed by atoms with E-state index in [9.17, 15) is 9.35 Å². The maximum atomic E-state index is 12.3. The van der Waals surface area contributed by atoms with Gasteiger partial charge in [0.05, 0.1) is 44.1 Å². The Kier molecular flexibility index (Phi) is 6.01. The zero-order valence-corrected chi connectivity index (χ0v) is 18.2. The van der Waals surface area contributed by atoms with Crippen LogP contribution < -0.4 is 9.47 Å². The van der Waals surface area contributed by atoms with Gasteiger partial charge in [-0.1, -0.05) is 23.3 Å². The molecule has 0 N–H and O–H groups in total. The molecule has 7 heteroatoms. The molecule has 6 nitrogen and oxygen atoms in total. The van der Waals surface area contributed by atoms with E-state index in [4.69, 9.17) is 19.2 Å². The van der Waals surface area contributed by atoms with Crippen molar-refractivity contribution < 1.29 is 23.6 Å². The number of aliphatic imine (C=N–C) groups is 1. The lowest BCUT2D eigenvalue weighted by molar-refractivity contribution is 0.0600. The van der Waals surface area contributed by atoms with Gasteiger partial charge >= 0.3 is 5.97 Å². The average molecular weight is 428 g/mol. The first kappa shape index (κ1) is 20.8. The minimum atomic E-state index is -0.841. The molecular formula is C23H25NO5S. The van der Waals surface area contributed by atoms with Crippen molar-refractivity contribution in [3.8, 4) is 11.5 Å². The first-order valence-electron chi connectivity index (χ1n) is 10.0. The molecular weight excluding hydrogens is 402 g/mol. The third kappa shape index (κ3) is 3.79. The van der Waals surface area contributed by atoms with Gasteiger partial charge in [-0.15, -0.1) is 0 Å². The maximum Gasteiger partial charge on any atom is 0.337 e. The van der Waals surface area contributed by atoms with Crippen molar-refractivity contribution in [2.45, 2.75) is 25.3 Å². The van der Waals surface area contributed by atoms with Gasteiger partial charge < -0.3 is 18.8 Å². The molecule has 158 valence electrons. The van der Waals surface area contributed by atoms with Gasteiger partial charge in [-0.3, -0.25) is 4.99 Å². The number of hydrogen-bond acceptors (Lipinski definition) is 6. The van der Waals surface area contributed by atoms with Gasteiger partial charge in [-0.25, -0.2) is 4.79 Å². The van der Waals surface area contributed by atoms with E-state index >= 15 is 0 Å². The summed E-state index contributed by atoms with van der Waals surface area (Å²) in [5.41, 5.74) is 4.32. The Morgan fingerprint density at radius 2 is 1.97 bits per heavy atom. The molecule has 30 heavy (non-hydrogen) atoms. The molecule has 2 aliphatic rings. The molecule has 0 aromatic heterocycles. The largest absolute Gasteiger partial charge is 0.616 e. The molecule has 0 saturated carbocycles. The van der Waals surface area contributed by atoms with Crippen LogP contribution in [0, 0.1) is 0 Å². The molecule has 3 atom stereocenters. The Morgan fingerprint density at radius 1 is 1.20 bits per heavy atom. The van der Waals surface area contributed by atoms with E-state index in [0.717, 1.165) is 28.8 Å². The van der Waals surface area contributed by atoms with Crippen LogP contribution in [0.2, 0.25) is 0 Å². The summed E-state index contributed by atoms with van der Waals surface area (Å²) in [4.78, 5) is 16.9. The number of rotatable bonds is 5. The SMILES string of the molecule is CCOc1cc2c(cc1OC)C(c1ccc(C(=O)OC)cc1)=N[C@@H]1CC[S@+]([O-])C[C@H]21. The summed E-state index contributed by atoms with van der Waals surface area (Å²) in [6.45, 7) is 2.47. The second kappa shape index (κ2) is 8.70. The van der Waals surface area contributed by atoms with Crippen molar-refractivity contribution in [1.29, 1.82) is 0 Å². The highest BCUT2D eigenvalue weighted by molar-refractivity contribution is 7.91. The summed E-state index contributed by atoms with van der Waals surface area (Å²) < 4.78 is 28.5. The molecule has 0 bridgehead atoms. The van der Waals surface area contributed by atoms with Crippen LogP contribution in [0.15, 0.2) is 41.4 Å². The maximum absolute atomic E-state index is 12.3. The normalized spacial score (nSPS) is 22.4. The number of benzene rings is 2. The van der Waals surface area contributed by atoms with Gasteiger partial charge in [0.1, 0.15) is 11.5 Å². The standard InChI is InChI=1S/C23H25NO5S/c1-4-29-21-11-16-17(12-20(21)27-2)22(24-19-9-10-30(26)13-18(16)19)14-5-7-15(8-6-14)23(25)28-3/h5-8,11-12,18-19H,4,9-10,13H2,1-3H3/t18-,19-,30+/m1/s1. The third-order valence-corrected chi connectivity index (χ3v) is 7.06. The van der Waals surface area contributed by atoms with Gasteiger partial charge in [0, 0.05) is 17.5 Å². The zero-order chi connectivity index (χ0) is 21.3. The fraction of sp³-hybridized carbons (Fsp3) is 0.391. The molecule has 4 rings (SSSR count). The Labute approximate surface area is 179 Å². The van der Waals surface area contributed by atoms with Crippen molar-refractivity contribution in [2.75, 3.05) is 32.3 Å². The summed E-state index contributed by atoms with van der Waals surface area (Å²) in [7, 11) is 2.99. The first-order chi connectivity index (χ1) is 14.5. The van der Waals surface area contributed by atoms with E-state index in [1.54, 1.807) is 19.2 Å². The van der Waals surface area contributed by atoms with Crippen LogP contribution in [0.3, 0.4) is 0 Å². The highest BCUT2D eigenvalue weighted by Crippen LogP contribution is 2.42. The number of carbonyl (C=O) groups excluding carboxylic acids is 1. The molecule has 1 fully saturated rings. The number of nitrogens with zero attached hydrogens (tertiary/aromatic N) is 1. The van der Waals surface area contributed by atoms with Crippen LogP contribution >= 0.6 is 0 Å². The Bertz CT molecular complexity index is 972. The Morgan fingerprint density at radius 3 is 2.63 bits per heavy atom. The Hall–Kier alpha value is -2.51. The van der Waals surface area contributed by atoms with Crippen LogP contribution in [-0.2, 0) is 15.9 Å². The predicted octanol–water partition coefficient (Wildman–Crippen LogP) is 3.34. The molecule has 2 heterocycles. The van der Waals surface area contributed by atoms with Crippen LogP contribution in [0.5, 0.6) is 11.5 Å². The third-order valence-electron chi connectivity index (χ3n) is 5.64. The number of hydrogen-bond donors (Lipinski definition) is 0. The van der Waals surface area contributed by atoms with Crippen molar-refractivity contribution in [3.63, 3.8) is 0 Å². The van der Waals surface area contributed by atoms with E-state index in [-0.39, 0.29) is 17.9 Å². The molecule has 2 aliphatic heterocycles. The number of carbonyl (C=O) groups is 1. The summed E-state index contributed by atoms with van der Waals surface area (Å²) in [5.74, 6) is 2.33. The van der Waals surface area contributed by atoms with Gasteiger partial charge in [-0.2, -0.15) is 0 Å². The second-order valence-electron chi connectivity index (χ2n) is 7.34. The monoisotopic (exact) mass is 427 g/mol. The highest BCUT2D eigenvalue weighted by atomic mass is 32.2. The van der Waals surface area contributed by atoms with Gasteiger partial charge in [-0.05, 0) is 36.8 Å². The second-order valence-corrected chi connectivity index (χ2v) is 8.96. The minimum absolute atomic E-state index is 0.0772. The molecule has 2 aromatic carbocycles. The zero-order valence-electron chi connectivity index (χ0n) is 17.3. The number of fused-ring (bicyclic) bond motifs is 3. The van der Waals surface area contributed by atoms with Crippen LogP contribution in [0.25, 0.3) is 0 Å². The summed E-state index contributed by atoms with van der Waals surface area (Å²) >= 11 is -0.841. The first-order valence-corrected chi connectivity index (χ1v) is 11.5. The topological polar surface area (TPSA) is 80.2 Å². The fourth-order valence-electron chi connectivity index (χ4n) is 4.16. The summed E-state index contributed by atoms with van der Waals surface area (Å²) in [6.07, 6.45) is 0.788. The molecule has 0 spiro atoms. The van der Waals surface area contributed by atoms with Gasteiger partial charge in [0.25, 0.3) is 0 Å². The van der Waals surface area contributed by atoms with Crippen molar-refractivity contribution >= 4 is 22.9 Å². The lowest BCUT2D eigenvalue weighted by Crippen LogP contribution is -2.38. The van der Waals surface area contributed by atoms with E-state index in [2.05, 4.69) is 0 Å². The fourth-order valence-corrected chi connectivity index (χ4v) is 5.64. The predicted molar refractivity (Wildman–Crippen MR) is 117 cm³/mol. The number of methoxy groups -OCH3 is 2. The molecule has 2 aromatic rings. The van der Waals surface area contributed by atoms with Crippen LogP contribution in [0.1, 0.15) is 46.3 Å². The number of esters is 1. The highest BCUT2D eigenvalue weighted by Gasteiger charge is 2.39. The average Bonchev–Trinajstić information content (AvgIpc) is 2.78. The molecule has 0 unspecified atom stereocenters. The van der Waals surface area contributed by atoms with E-state index < -0.39 is 11.2 Å². The van der Waals surface area contributed by atoms with E-state index in [0.29, 0.717) is 35.2 Å².